The van der Waals surface area contributed by atoms with Gasteiger partial charge in [0.05, 0.1) is 14.9 Å². The van der Waals surface area contributed by atoms with E-state index in [9.17, 15) is 0 Å². The van der Waals surface area contributed by atoms with Crippen LogP contribution in [-0.2, 0) is 0 Å². The average molecular weight is 250 g/mol. The van der Waals surface area contributed by atoms with Crippen molar-refractivity contribution < 1.29 is 0 Å². The zero-order valence-corrected chi connectivity index (χ0v) is 13.5. The van der Waals surface area contributed by atoms with Gasteiger partial charge in [-0.05, 0) is 0 Å². The summed E-state index contributed by atoms with van der Waals surface area (Å²) in [6.07, 6.45) is 18.9. The predicted octanol–water partition coefficient (Wildman–Crippen LogP) is 4.87. The molecule has 0 radical (unpaired) electrons. The van der Waals surface area contributed by atoms with E-state index in [4.69, 9.17) is 0 Å². The maximum atomic E-state index is 2.38. The Morgan fingerprint density at radius 3 is 1.44 bits per heavy atom. The standard InChI is InChI=1S/C16H36B2/c1-3-5-7-9-11-13-15-16(18-17)14-12-10-8-6-4-2/h16,18H,3-15,17H2,1-2H3. The molecule has 106 valence electrons. The molecule has 0 N–H and O–H groups in total. The van der Waals surface area contributed by atoms with Gasteiger partial charge >= 0.3 is 0 Å². The second-order valence-electron chi connectivity index (χ2n) is 6.03. The summed E-state index contributed by atoms with van der Waals surface area (Å²) in [5.41, 5.74) is 0. The van der Waals surface area contributed by atoms with Gasteiger partial charge in [-0.15, -0.1) is 0 Å². The van der Waals surface area contributed by atoms with E-state index in [0.717, 1.165) is 5.82 Å². The van der Waals surface area contributed by atoms with Crippen LogP contribution in [0.3, 0.4) is 0 Å². The molecule has 0 spiro atoms. The Labute approximate surface area is 118 Å². The van der Waals surface area contributed by atoms with E-state index in [1.807, 2.05) is 0 Å². The van der Waals surface area contributed by atoms with Gasteiger partial charge in [0.25, 0.3) is 0 Å². The first-order valence-corrected chi connectivity index (χ1v) is 8.85. The van der Waals surface area contributed by atoms with Crippen LogP contribution in [0.2, 0.25) is 5.82 Å². The highest BCUT2D eigenvalue weighted by atomic mass is 14.0. The van der Waals surface area contributed by atoms with Gasteiger partial charge in [-0.3, -0.25) is 0 Å². The van der Waals surface area contributed by atoms with Crippen molar-refractivity contribution in [2.45, 2.75) is 103 Å². The molecule has 0 saturated carbocycles. The summed E-state index contributed by atoms with van der Waals surface area (Å²) >= 11 is 0. The molecule has 0 saturated heterocycles. The van der Waals surface area contributed by atoms with Crippen LogP contribution in [0.5, 0.6) is 0 Å². The van der Waals surface area contributed by atoms with Gasteiger partial charge in [0, 0.05) is 0 Å². The van der Waals surface area contributed by atoms with E-state index in [1.54, 1.807) is 0 Å². The highest BCUT2D eigenvalue weighted by Crippen LogP contribution is 2.22. The smallest absolute Gasteiger partial charge is 0.0737 e. The fourth-order valence-corrected chi connectivity index (χ4v) is 2.80. The number of hydrogen-bond donors (Lipinski definition) is 0. The largest absolute Gasteiger partial charge is 0.0860 e. The molecule has 0 aliphatic rings. The Morgan fingerprint density at radius 1 is 0.667 bits per heavy atom. The minimum Gasteiger partial charge on any atom is -0.0737 e. The molecule has 0 amide bonds. The molecule has 18 heavy (non-hydrogen) atoms. The summed E-state index contributed by atoms with van der Waals surface area (Å²) in [4.78, 5) is 0. The molecule has 0 aliphatic heterocycles. The van der Waals surface area contributed by atoms with Crippen LogP contribution in [0, 0.1) is 0 Å². The fraction of sp³-hybridized carbons (Fsp3) is 1.00. The van der Waals surface area contributed by atoms with E-state index in [-0.39, 0.29) is 0 Å². The van der Waals surface area contributed by atoms with E-state index in [2.05, 4.69) is 21.6 Å². The maximum absolute atomic E-state index is 2.38. The molecule has 0 aromatic heterocycles. The molecule has 0 rings (SSSR count). The van der Waals surface area contributed by atoms with E-state index < -0.39 is 0 Å². The average Bonchev–Trinajstić information content (AvgIpc) is 2.40. The van der Waals surface area contributed by atoms with Gasteiger partial charge in [-0.25, -0.2) is 0 Å². The van der Waals surface area contributed by atoms with Gasteiger partial charge in [0.1, 0.15) is 0 Å². The van der Waals surface area contributed by atoms with Crippen molar-refractivity contribution in [3.05, 3.63) is 0 Å². The van der Waals surface area contributed by atoms with Crippen molar-refractivity contribution in [3.8, 4) is 0 Å². The van der Waals surface area contributed by atoms with E-state index >= 15 is 0 Å². The molecule has 0 heterocycles. The fourth-order valence-electron chi connectivity index (χ4n) is 2.80. The third-order valence-electron chi connectivity index (χ3n) is 4.26. The number of unbranched alkanes of at least 4 members (excludes halogenated alkanes) is 9. The summed E-state index contributed by atoms with van der Waals surface area (Å²) in [6.45, 7) is 4.60. The van der Waals surface area contributed by atoms with Crippen molar-refractivity contribution in [1.29, 1.82) is 0 Å². The molecular weight excluding hydrogens is 214 g/mol. The summed E-state index contributed by atoms with van der Waals surface area (Å²) in [5.74, 6) is 1.03. The second kappa shape index (κ2) is 15.2. The lowest BCUT2D eigenvalue weighted by Gasteiger charge is -2.14. The van der Waals surface area contributed by atoms with Crippen LogP contribution >= 0.6 is 0 Å². The summed E-state index contributed by atoms with van der Waals surface area (Å²) in [5, 5.41) is 0. The zero-order valence-electron chi connectivity index (χ0n) is 13.5. The van der Waals surface area contributed by atoms with Crippen molar-refractivity contribution in [2.24, 2.45) is 0 Å². The first-order valence-electron chi connectivity index (χ1n) is 8.85. The Bertz CT molecular complexity index is 148. The van der Waals surface area contributed by atoms with Gasteiger partial charge in [0.15, 0.2) is 0 Å². The minimum absolute atomic E-state index is 1.03. The Hall–Kier alpha value is 0.130. The number of rotatable bonds is 14. The van der Waals surface area contributed by atoms with Crippen molar-refractivity contribution in [1.82, 2.24) is 0 Å². The van der Waals surface area contributed by atoms with Gasteiger partial charge in [0.2, 0.25) is 0 Å². The maximum Gasteiger partial charge on any atom is 0.0860 e. The molecule has 0 nitrogen and oxygen atoms in total. The summed E-state index contributed by atoms with van der Waals surface area (Å²) < 4.78 is 0. The molecule has 0 aliphatic carbocycles. The lowest BCUT2D eigenvalue weighted by molar-refractivity contribution is 0.537. The highest BCUT2D eigenvalue weighted by Gasteiger charge is 2.06. The Balaban J connectivity index is 3.29. The van der Waals surface area contributed by atoms with Crippen molar-refractivity contribution in [3.63, 3.8) is 0 Å². The number of hydrogen-bond acceptors (Lipinski definition) is 0. The van der Waals surface area contributed by atoms with Gasteiger partial charge in [-0.2, -0.15) is 0 Å². The topological polar surface area (TPSA) is 0 Å². The molecular formula is C16H36B2. The molecule has 1 unspecified atom stereocenters. The second-order valence-corrected chi connectivity index (χ2v) is 6.03. The lowest BCUT2D eigenvalue weighted by Crippen LogP contribution is -2.04. The lowest BCUT2D eigenvalue weighted by atomic mass is 9.45. The van der Waals surface area contributed by atoms with Crippen molar-refractivity contribution in [2.75, 3.05) is 0 Å². The van der Waals surface area contributed by atoms with Crippen LogP contribution in [0.4, 0.5) is 0 Å². The van der Waals surface area contributed by atoms with Crippen LogP contribution in [-0.4, -0.2) is 14.9 Å². The molecule has 0 bridgehead atoms. The van der Waals surface area contributed by atoms with E-state index in [0.29, 0.717) is 0 Å². The van der Waals surface area contributed by atoms with Gasteiger partial charge in [-0.1, -0.05) is 103 Å². The SMILES string of the molecule is BBC(CCCCCCC)CCCCCCCC. The van der Waals surface area contributed by atoms with Crippen LogP contribution in [0.25, 0.3) is 0 Å². The molecule has 0 aromatic carbocycles. The Kier molecular flexibility index (Phi) is 15.3. The Morgan fingerprint density at radius 2 is 1.06 bits per heavy atom. The highest BCUT2D eigenvalue weighted by molar-refractivity contribution is 6.90. The van der Waals surface area contributed by atoms with Crippen LogP contribution in [0.1, 0.15) is 97.3 Å². The minimum atomic E-state index is 1.03. The van der Waals surface area contributed by atoms with E-state index in [1.165, 1.54) is 90.6 Å². The molecule has 0 aromatic rings. The van der Waals surface area contributed by atoms with Crippen molar-refractivity contribution >= 4 is 14.9 Å². The van der Waals surface area contributed by atoms with Crippen LogP contribution in [0.15, 0.2) is 0 Å². The molecule has 1 atom stereocenters. The molecule has 0 fully saturated rings. The summed E-state index contributed by atoms with van der Waals surface area (Å²) in [7, 11) is 3.79. The zero-order chi connectivity index (χ0) is 13.5. The third-order valence-corrected chi connectivity index (χ3v) is 4.26. The van der Waals surface area contributed by atoms with Crippen LogP contribution < -0.4 is 0 Å². The third kappa shape index (κ3) is 12.6. The monoisotopic (exact) mass is 250 g/mol. The quantitative estimate of drug-likeness (QED) is 0.304. The molecule has 2 heteroatoms. The summed E-state index contributed by atoms with van der Waals surface area (Å²) in [6, 6.07) is 0. The normalized spacial score (nSPS) is 12.6. The van der Waals surface area contributed by atoms with Gasteiger partial charge < -0.3 is 0 Å². The predicted molar refractivity (Wildman–Crippen MR) is 90.8 cm³/mol. The first-order chi connectivity index (χ1) is 8.85. The first kappa shape index (κ1) is 18.1.